The minimum Gasteiger partial charge on any atom is -0.370 e. The molecule has 0 unspecified atom stereocenters. The second-order valence-corrected chi connectivity index (χ2v) is 2.67. The van der Waals surface area contributed by atoms with Crippen LogP contribution in [0.2, 0.25) is 0 Å². The number of primary amides is 1. The summed E-state index contributed by atoms with van der Waals surface area (Å²) >= 11 is 4.00. The molecule has 1 atom stereocenters. The second kappa shape index (κ2) is 5.56. The fourth-order valence-corrected chi connectivity index (χ4v) is 0.812. The normalized spacial score (nSPS) is 13.0. The zero-order chi connectivity index (χ0) is 7.98. The molecule has 0 aromatic heterocycles. The maximum atomic E-state index is 10.2. The Kier molecular flexibility index (Phi) is 5.43. The van der Waals surface area contributed by atoms with Crippen LogP contribution < -0.4 is 11.5 Å². The van der Waals surface area contributed by atoms with E-state index in [1.54, 1.807) is 0 Å². The van der Waals surface area contributed by atoms with Crippen LogP contribution in [-0.4, -0.2) is 17.7 Å². The predicted molar refractivity (Wildman–Crippen MR) is 44.9 cm³/mol. The summed E-state index contributed by atoms with van der Waals surface area (Å²) in [6.45, 7) is 0. The lowest BCUT2D eigenvalue weighted by atomic mass is 10.1. The molecule has 0 fully saturated rings. The van der Waals surface area contributed by atoms with Crippen molar-refractivity contribution < 1.29 is 4.79 Å². The summed E-state index contributed by atoms with van der Waals surface area (Å²) in [7, 11) is 0. The molecular formula is C6H14N2OS. The fourth-order valence-electron chi connectivity index (χ4n) is 0.630. The van der Waals surface area contributed by atoms with Gasteiger partial charge in [-0.1, -0.05) is 0 Å². The van der Waals surface area contributed by atoms with Crippen molar-refractivity contribution >= 4 is 18.5 Å². The van der Waals surface area contributed by atoms with Crippen LogP contribution in [0.15, 0.2) is 0 Å². The van der Waals surface area contributed by atoms with E-state index in [1.165, 1.54) is 0 Å². The van der Waals surface area contributed by atoms with Gasteiger partial charge in [-0.15, -0.1) is 0 Å². The maximum Gasteiger partial charge on any atom is 0.217 e. The average molecular weight is 162 g/mol. The van der Waals surface area contributed by atoms with Gasteiger partial charge in [0.05, 0.1) is 0 Å². The van der Waals surface area contributed by atoms with E-state index in [0.29, 0.717) is 12.2 Å². The van der Waals surface area contributed by atoms with Gasteiger partial charge in [0, 0.05) is 18.2 Å². The summed E-state index contributed by atoms with van der Waals surface area (Å²) in [4.78, 5) is 10.2. The quantitative estimate of drug-likeness (QED) is 0.494. The number of nitrogens with two attached hydrogens (primary N) is 2. The first kappa shape index (κ1) is 9.78. The molecule has 0 aliphatic heterocycles. The van der Waals surface area contributed by atoms with Crippen LogP contribution in [0, 0.1) is 0 Å². The Morgan fingerprint density at radius 1 is 1.60 bits per heavy atom. The van der Waals surface area contributed by atoms with E-state index in [9.17, 15) is 4.79 Å². The summed E-state index contributed by atoms with van der Waals surface area (Å²) in [5.74, 6) is 0.407. The van der Waals surface area contributed by atoms with Crippen LogP contribution in [0.25, 0.3) is 0 Å². The first-order valence-electron chi connectivity index (χ1n) is 3.31. The number of amides is 1. The number of hydrogen-bond donors (Lipinski definition) is 3. The first-order chi connectivity index (χ1) is 4.66. The third kappa shape index (κ3) is 5.91. The maximum absolute atomic E-state index is 10.2. The Morgan fingerprint density at radius 3 is 2.60 bits per heavy atom. The smallest absolute Gasteiger partial charge is 0.217 e. The molecule has 3 nitrogen and oxygen atoms in total. The van der Waals surface area contributed by atoms with Crippen molar-refractivity contribution in [3.8, 4) is 0 Å². The van der Waals surface area contributed by atoms with Gasteiger partial charge >= 0.3 is 0 Å². The van der Waals surface area contributed by atoms with Gasteiger partial charge in [-0.05, 0) is 12.8 Å². The first-order valence-corrected chi connectivity index (χ1v) is 3.94. The van der Waals surface area contributed by atoms with E-state index >= 15 is 0 Å². The predicted octanol–water partition coefficient (Wildman–Crippen LogP) is -0.101. The molecule has 1 amide bonds. The molecule has 0 spiro atoms. The summed E-state index contributed by atoms with van der Waals surface area (Å²) in [5.41, 5.74) is 10.5. The third-order valence-electron chi connectivity index (χ3n) is 1.23. The lowest BCUT2D eigenvalue weighted by Gasteiger charge is -2.05. The van der Waals surface area contributed by atoms with Crippen molar-refractivity contribution in [3.05, 3.63) is 0 Å². The number of carbonyl (C=O) groups excluding carboxylic acids is 1. The highest BCUT2D eigenvalue weighted by molar-refractivity contribution is 7.80. The zero-order valence-electron chi connectivity index (χ0n) is 5.92. The number of rotatable bonds is 5. The molecular weight excluding hydrogens is 148 g/mol. The zero-order valence-corrected chi connectivity index (χ0v) is 6.81. The Morgan fingerprint density at radius 2 is 2.20 bits per heavy atom. The van der Waals surface area contributed by atoms with Crippen molar-refractivity contribution in [2.45, 2.75) is 25.3 Å². The van der Waals surface area contributed by atoms with Gasteiger partial charge in [0.2, 0.25) is 5.91 Å². The van der Waals surface area contributed by atoms with Gasteiger partial charge < -0.3 is 11.5 Å². The summed E-state index contributed by atoms with van der Waals surface area (Å²) in [6, 6.07) is 0.0997. The molecule has 0 rings (SSSR count). The Balaban J connectivity index is 3.11. The van der Waals surface area contributed by atoms with E-state index in [1.807, 2.05) is 0 Å². The number of carbonyl (C=O) groups is 1. The molecule has 0 aromatic rings. The molecule has 0 saturated carbocycles. The highest BCUT2D eigenvalue weighted by atomic mass is 32.1. The van der Waals surface area contributed by atoms with Crippen molar-refractivity contribution in [2.75, 3.05) is 5.75 Å². The molecule has 0 aliphatic carbocycles. The van der Waals surface area contributed by atoms with Crippen molar-refractivity contribution in [3.63, 3.8) is 0 Å². The molecule has 0 aliphatic rings. The van der Waals surface area contributed by atoms with Crippen LogP contribution in [0.5, 0.6) is 0 Å². The molecule has 0 saturated heterocycles. The molecule has 4 heteroatoms. The number of hydrogen-bond acceptors (Lipinski definition) is 3. The minimum atomic E-state index is -0.258. The molecule has 0 aromatic carbocycles. The third-order valence-corrected chi connectivity index (χ3v) is 1.70. The Labute approximate surface area is 66.6 Å². The van der Waals surface area contributed by atoms with E-state index < -0.39 is 0 Å². The largest absolute Gasteiger partial charge is 0.370 e. The molecule has 60 valence electrons. The lowest BCUT2D eigenvalue weighted by Crippen LogP contribution is -2.22. The highest BCUT2D eigenvalue weighted by Crippen LogP contribution is 1.98. The molecule has 0 heterocycles. The standard InChI is InChI=1S/C6H14N2OS/c7-5(4-10)2-1-3-6(8)9/h5,10H,1-4,7H2,(H2,8,9)/t5-/m0/s1. The van der Waals surface area contributed by atoms with Crippen LogP contribution in [0.3, 0.4) is 0 Å². The van der Waals surface area contributed by atoms with Gasteiger partial charge in [-0.2, -0.15) is 12.6 Å². The van der Waals surface area contributed by atoms with Gasteiger partial charge in [-0.25, -0.2) is 0 Å². The molecule has 10 heavy (non-hydrogen) atoms. The van der Waals surface area contributed by atoms with Crippen molar-refractivity contribution in [1.82, 2.24) is 0 Å². The summed E-state index contributed by atoms with van der Waals surface area (Å²) < 4.78 is 0. The van der Waals surface area contributed by atoms with Gasteiger partial charge in [0.1, 0.15) is 0 Å². The second-order valence-electron chi connectivity index (χ2n) is 2.30. The molecule has 4 N–H and O–H groups in total. The lowest BCUT2D eigenvalue weighted by molar-refractivity contribution is -0.118. The van der Waals surface area contributed by atoms with Crippen molar-refractivity contribution in [1.29, 1.82) is 0 Å². The van der Waals surface area contributed by atoms with Gasteiger partial charge in [0.15, 0.2) is 0 Å². The van der Waals surface area contributed by atoms with Crippen LogP contribution in [0.1, 0.15) is 19.3 Å². The van der Waals surface area contributed by atoms with E-state index in [-0.39, 0.29) is 11.9 Å². The van der Waals surface area contributed by atoms with Crippen LogP contribution in [0.4, 0.5) is 0 Å². The van der Waals surface area contributed by atoms with E-state index in [4.69, 9.17) is 11.5 Å². The summed E-state index contributed by atoms with van der Waals surface area (Å²) in [5, 5.41) is 0. The summed E-state index contributed by atoms with van der Waals surface area (Å²) in [6.07, 6.45) is 2.03. The molecule has 0 bridgehead atoms. The monoisotopic (exact) mass is 162 g/mol. The van der Waals surface area contributed by atoms with Gasteiger partial charge in [0.25, 0.3) is 0 Å². The Hall–Kier alpha value is -0.220. The van der Waals surface area contributed by atoms with Crippen LogP contribution in [-0.2, 0) is 4.79 Å². The van der Waals surface area contributed by atoms with E-state index in [2.05, 4.69) is 12.6 Å². The van der Waals surface area contributed by atoms with Crippen LogP contribution >= 0.6 is 12.6 Å². The highest BCUT2D eigenvalue weighted by Gasteiger charge is 2.00. The average Bonchev–Trinajstić information content (AvgIpc) is 1.87. The van der Waals surface area contributed by atoms with Gasteiger partial charge in [-0.3, -0.25) is 4.79 Å². The van der Waals surface area contributed by atoms with E-state index in [0.717, 1.165) is 12.8 Å². The topological polar surface area (TPSA) is 69.1 Å². The number of thiol groups is 1. The molecule has 0 radical (unpaired) electrons. The SMILES string of the molecule is NC(=O)CCC[C@H](N)CS. The Bertz CT molecular complexity index is 108. The van der Waals surface area contributed by atoms with Crippen molar-refractivity contribution in [2.24, 2.45) is 11.5 Å². The fraction of sp³-hybridized carbons (Fsp3) is 0.833. The minimum absolute atomic E-state index is 0.0997.